The summed E-state index contributed by atoms with van der Waals surface area (Å²) >= 11 is 4.00. The van der Waals surface area contributed by atoms with Crippen LogP contribution in [0.3, 0.4) is 0 Å². The molecule has 0 aliphatic carbocycles. The average Bonchev–Trinajstić information content (AvgIpc) is 2.48. The molecule has 0 saturated heterocycles. The smallest absolute Gasteiger partial charge is 0.390 e. The maximum atomic E-state index is 10.1. The summed E-state index contributed by atoms with van der Waals surface area (Å²) in [4.78, 5) is 13.0. The van der Waals surface area contributed by atoms with Gasteiger partial charge in [-0.05, 0) is 17.1 Å². The van der Waals surface area contributed by atoms with Gasteiger partial charge >= 0.3 is 5.95 Å². The van der Waals surface area contributed by atoms with Crippen molar-refractivity contribution in [2.75, 3.05) is 5.75 Å². The van der Waals surface area contributed by atoms with Crippen molar-refractivity contribution in [3.63, 3.8) is 0 Å². The highest BCUT2D eigenvalue weighted by Gasteiger charge is 2.11. The van der Waals surface area contributed by atoms with Crippen LogP contribution in [0, 0.1) is 10.1 Å². The minimum absolute atomic E-state index is 0.353. The zero-order valence-electron chi connectivity index (χ0n) is 6.25. The zero-order chi connectivity index (χ0) is 8.97. The molecular formula is C5H8N4O2S. The third kappa shape index (κ3) is 2.19. The summed E-state index contributed by atoms with van der Waals surface area (Å²) in [6.45, 7) is 0.615. The Labute approximate surface area is 74.2 Å². The molecule has 1 aromatic rings. The van der Waals surface area contributed by atoms with Gasteiger partial charge < -0.3 is 10.1 Å². The van der Waals surface area contributed by atoms with E-state index in [2.05, 4.69) is 22.7 Å². The molecule has 0 aromatic carbocycles. The van der Waals surface area contributed by atoms with Crippen LogP contribution < -0.4 is 0 Å². The van der Waals surface area contributed by atoms with E-state index >= 15 is 0 Å². The molecule has 0 amide bonds. The summed E-state index contributed by atoms with van der Waals surface area (Å²) < 4.78 is 1.44. The average molecular weight is 188 g/mol. The fourth-order valence-electron chi connectivity index (χ4n) is 0.709. The van der Waals surface area contributed by atoms with Gasteiger partial charge in [0.2, 0.25) is 6.33 Å². The van der Waals surface area contributed by atoms with E-state index in [1.54, 1.807) is 0 Å². The number of aryl methyl sites for hydroxylation is 1. The minimum Gasteiger partial charge on any atom is -0.390 e. The molecule has 66 valence electrons. The number of thiol groups is 1. The topological polar surface area (TPSA) is 73.8 Å². The van der Waals surface area contributed by atoms with Gasteiger partial charge in [0.1, 0.15) is 0 Å². The van der Waals surface area contributed by atoms with Crippen molar-refractivity contribution in [1.82, 2.24) is 14.8 Å². The van der Waals surface area contributed by atoms with Crippen LogP contribution >= 0.6 is 12.6 Å². The molecule has 0 aliphatic rings. The highest BCUT2D eigenvalue weighted by molar-refractivity contribution is 7.80. The quantitative estimate of drug-likeness (QED) is 0.424. The highest BCUT2D eigenvalue weighted by Crippen LogP contribution is 2.00. The lowest BCUT2D eigenvalue weighted by molar-refractivity contribution is -0.394. The molecule has 1 rings (SSSR count). The Hall–Kier alpha value is -1.11. The Kier molecular flexibility index (Phi) is 3.03. The summed E-state index contributed by atoms with van der Waals surface area (Å²) in [7, 11) is 0. The van der Waals surface area contributed by atoms with Gasteiger partial charge in [-0.15, -0.1) is 0 Å². The molecule has 0 saturated carbocycles. The Morgan fingerprint density at radius 2 is 2.50 bits per heavy atom. The predicted octanol–water partition coefficient (Wildman–Crippen LogP) is 0.506. The predicted molar refractivity (Wildman–Crippen MR) is 45.1 cm³/mol. The molecule has 0 aliphatic heterocycles. The van der Waals surface area contributed by atoms with E-state index in [-0.39, 0.29) is 5.95 Å². The van der Waals surface area contributed by atoms with Crippen LogP contribution in [-0.4, -0.2) is 25.4 Å². The van der Waals surface area contributed by atoms with Crippen molar-refractivity contribution >= 4 is 18.6 Å². The van der Waals surface area contributed by atoms with Gasteiger partial charge in [0.15, 0.2) is 0 Å². The third-order valence-corrected chi connectivity index (χ3v) is 1.55. The summed E-state index contributed by atoms with van der Waals surface area (Å²) in [6.07, 6.45) is 2.17. The summed E-state index contributed by atoms with van der Waals surface area (Å²) in [6, 6.07) is 0. The van der Waals surface area contributed by atoms with Crippen LogP contribution in [0.1, 0.15) is 6.42 Å². The van der Waals surface area contributed by atoms with Crippen molar-refractivity contribution in [1.29, 1.82) is 0 Å². The number of aromatic nitrogens is 3. The molecule has 0 fully saturated rings. The summed E-state index contributed by atoms with van der Waals surface area (Å²) in [5, 5.41) is 13.8. The van der Waals surface area contributed by atoms with E-state index < -0.39 is 4.92 Å². The van der Waals surface area contributed by atoms with Crippen LogP contribution in [0.15, 0.2) is 6.33 Å². The number of hydrogen-bond donors (Lipinski definition) is 1. The number of rotatable bonds is 4. The maximum Gasteiger partial charge on any atom is 0.490 e. The lowest BCUT2D eigenvalue weighted by Gasteiger charge is -1.90. The minimum atomic E-state index is -0.614. The molecule has 6 nitrogen and oxygen atoms in total. The molecule has 0 atom stereocenters. The van der Waals surface area contributed by atoms with Crippen molar-refractivity contribution < 1.29 is 4.92 Å². The molecule has 1 aromatic heterocycles. The number of hydrogen-bond acceptors (Lipinski definition) is 5. The van der Waals surface area contributed by atoms with Gasteiger partial charge in [-0.3, -0.25) is 0 Å². The lowest BCUT2D eigenvalue weighted by atomic mass is 10.5. The largest absolute Gasteiger partial charge is 0.490 e. The van der Waals surface area contributed by atoms with E-state index in [0.29, 0.717) is 6.54 Å². The summed E-state index contributed by atoms with van der Waals surface area (Å²) in [5.74, 6) is 0.377. The monoisotopic (exact) mass is 188 g/mol. The first kappa shape index (κ1) is 8.98. The Bertz CT molecular complexity index is 274. The van der Waals surface area contributed by atoms with Gasteiger partial charge in [0.25, 0.3) is 0 Å². The molecule has 0 unspecified atom stereocenters. The van der Waals surface area contributed by atoms with Crippen molar-refractivity contribution in [2.24, 2.45) is 0 Å². The van der Waals surface area contributed by atoms with Crippen LogP contribution in [0.25, 0.3) is 0 Å². The molecule has 7 heteroatoms. The third-order valence-electron chi connectivity index (χ3n) is 1.23. The summed E-state index contributed by atoms with van der Waals surface area (Å²) in [5.41, 5.74) is 0. The fourth-order valence-corrected chi connectivity index (χ4v) is 0.850. The maximum absolute atomic E-state index is 10.1. The molecule has 12 heavy (non-hydrogen) atoms. The fraction of sp³-hybridized carbons (Fsp3) is 0.600. The van der Waals surface area contributed by atoms with Gasteiger partial charge in [0.05, 0.1) is 6.54 Å². The molecular weight excluding hydrogens is 180 g/mol. The normalized spacial score (nSPS) is 10.1. The van der Waals surface area contributed by atoms with E-state index in [9.17, 15) is 10.1 Å². The van der Waals surface area contributed by atoms with Gasteiger partial charge in [-0.2, -0.15) is 17.3 Å². The first-order valence-corrected chi connectivity index (χ1v) is 4.02. The second-order valence-electron chi connectivity index (χ2n) is 2.14. The van der Waals surface area contributed by atoms with Gasteiger partial charge in [-0.25, -0.2) is 0 Å². The van der Waals surface area contributed by atoms with Gasteiger partial charge in [0, 0.05) is 5.10 Å². The second kappa shape index (κ2) is 4.05. The molecule has 0 N–H and O–H groups in total. The number of nitrogens with zero attached hydrogens (tertiary/aromatic N) is 4. The standard InChI is InChI=1S/C5H8N4O2S/c10-9(11)5-6-4-8(7-5)2-1-3-12/h4,12H,1-3H2. The molecule has 0 spiro atoms. The molecule has 0 radical (unpaired) electrons. The molecule has 1 heterocycles. The zero-order valence-corrected chi connectivity index (χ0v) is 7.15. The second-order valence-corrected chi connectivity index (χ2v) is 2.59. The number of nitro groups is 1. The Morgan fingerprint density at radius 1 is 1.75 bits per heavy atom. The SMILES string of the molecule is O=[N+]([O-])c1ncn(CCCS)n1. The Morgan fingerprint density at radius 3 is 3.00 bits per heavy atom. The van der Waals surface area contributed by atoms with Crippen molar-refractivity contribution in [3.05, 3.63) is 16.4 Å². The van der Waals surface area contributed by atoms with Crippen LogP contribution in [0.5, 0.6) is 0 Å². The van der Waals surface area contributed by atoms with E-state index in [0.717, 1.165) is 12.2 Å². The lowest BCUT2D eigenvalue weighted by Crippen LogP contribution is -2.00. The van der Waals surface area contributed by atoms with Crippen molar-refractivity contribution in [2.45, 2.75) is 13.0 Å². The van der Waals surface area contributed by atoms with E-state index in [4.69, 9.17) is 0 Å². The first-order valence-electron chi connectivity index (χ1n) is 3.38. The van der Waals surface area contributed by atoms with E-state index in [1.165, 1.54) is 11.0 Å². The first-order chi connectivity index (χ1) is 5.74. The van der Waals surface area contributed by atoms with Crippen LogP contribution in [0.2, 0.25) is 0 Å². The Balaban J connectivity index is 2.58. The van der Waals surface area contributed by atoms with Crippen LogP contribution in [0.4, 0.5) is 5.95 Å². The van der Waals surface area contributed by atoms with Crippen LogP contribution in [-0.2, 0) is 6.54 Å². The van der Waals surface area contributed by atoms with Gasteiger partial charge in [-0.1, -0.05) is 4.98 Å². The van der Waals surface area contributed by atoms with E-state index in [1.807, 2.05) is 0 Å². The molecule has 0 bridgehead atoms. The van der Waals surface area contributed by atoms with Crippen molar-refractivity contribution in [3.8, 4) is 0 Å². The highest BCUT2D eigenvalue weighted by atomic mass is 32.1.